The topological polar surface area (TPSA) is 64.8 Å². The van der Waals surface area contributed by atoms with E-state index in [4.69, 9.17) is 0 Å². The van der Waals surface area contributed by atoms with Crippen LogP contribution < -0.4 is 4.90 Å². The molecule has 0 spiro atoms. The van der Waals surface area contributed by atoms with E-state index in [9.17, 15) is 4.79 Å². The highest BCUT2D eigenvalue weighted by molar-refractivity contribution is 5.98. The SMILES string of the molecule is Cc1nc2ccc(N(C)C(=O)Cc3c[nH]c4ccccc34)cc2[nH]1. The summed E-state index contributed by atoms with van der Waals surface area (Å²) in [6, 6.07) is 13.8. The molecular weight excluding hydrogens is 300 g/mol. The van der Waals surface area contributed by atoms with Gasteiger partial charge in [-0.2, -0.15) is 0 Å². The quantitative estimate of drug-likeness (QED) is 0.606. The number of aromatic amines is 2. The average molecular weight is 318 g/mol. The van der Waals surface area contributed by atoms with Crippen LogP contribution in [-0.2, 0) is 11.2 Å². The van der Waals surface area contributed by atoms with E-state index in [1.54, 1.807) is 4.90 Å². The molecule has 5 nitrogen and oxygen atoms in total. The number of benzene rings is 2. The Morgan fingerprint density at radius 2 is 2.00 bits per heavy atom. The summed E-state index contributed by atoms with van der Waals surface area (Å²) in [5.74, 6) is 0.922. The van der Waals surface area contributed by atoms with Crippen LogP contribution in [0.2, 0.25) is 0 Å². The second-order valence-corrected chi connectivity index (χ2v) is 6.01. The van der Waals surface area contributed by atoms with Crippen LogP contribution in [0.15, 0.2) is 48.7 Å². The van der Waals surface area contributed by atoms with Gasteiger partial charge in [0.05, 0.1) is 17.5 Å². The van der Waals surface area contributed by atoms with E-state index >= 15 is 0 Å². The zero-order chi connectivity index (χ0) is 16.7. The predicted molar refractivity (Wildman–Crippen MR) is 96.2 cm³/mol. The lowest BCUT2D eigenvalue weighted by molar-refractivity contribution is -0.117. The molecule has 1 amide bonds. The third-order valence-corrected chi connectivity index (χ3v) is 4.36. The van der Waals surface area contributed by atoms with Crippen LogP contribution in [0.5, 0.6) is 0 Å². The number of imidazole rings is 1. The van der Waals surface area contributed by atoms with Crippen molar-refractivity contribution in [3.05, 3.63) is 60.0 Å². The summed E-state index contributed by atoms with van der Waals surface area (Å²) < 4.78 is 0. The van der Waals surface area contributed by atoms with Crippen molar-refractivity contribution in [1.29, 1.82) is 0 Å². The lowest BCUT2D eigenvalue weighted by atomic mass is 10.1. The highest BCUT2D eigenvalue weighted by Gasteiger charge is 2.15. The predicted octanol–water partition coefficient (Wildman–Crippen LogP) is 3.56. The van der Waals surface area contributed by atoms with Gasteiger partial charge in [-0.25, -0.2) is 4.98 Å². The van der Waals surface area contributed by atoms with Crippen molar-refractivity contribution < 1.29 is 4.79 Å². The van der Waals surface area contributed by atoms with E-state index in [0.29, 0.717) is 6.42 Å². The molecule has 0 radical (unpaired) electrons. The number of fused-ring (bicyclic) bond motifs is 2. The van der Waals surface area contributed by atoms with Crippen LogP contribution in [-0.4, -0.2) is 27.9 Å². The van der Waals surface area contributed by atoms with E-state index in [0.717, 1.165) is 39.0 Å². The fourth-order valence-corrected chi connectivity index (χ4v) is 3.04. The summed E-state index contributed by atoms with van der Waals surface area (Å²) in [7, 11) is 1.81. The first-order valence-electron chi connectivity index (χ1n) is 7.90. The molecule has 2 heterocycles. The molecule has 2 aromatic heterocycles. The van der Waals surface area contributed by atoms with Crippen molar-refractivity contribution in [3.8, 4) is 0 Å². The molecule has 0 atom stereocenters. The fraction of sp³-hybridized carbons (Fsp3) is 0.158. The Morgan fingerprint density at radius 1 is 1.17 bits per heavy atom. The lowest BCUT2D eigenvalue weighted by Gasteiger charge is -2.17. The van der Waals surface area contributed by atoms with E-state index in [-0.39, 0.29) is 5.91 Å². The third kappa shape index (κ3) is 2.44. The fourth-order valence-electron chi connectivity index (χ4n) is 3.04. The molecule has 0 aliphatic carbocycles. The number of aromatic nitrogens is 3. The maximum Gasteiger partial charge on any atom is 0.231 e. The Balaban J connectivity index is 1.60. The van der Waals surface area contributed by atoms with Gasteiger partial charge in [0.15, 0.2) is 0 Å². The van der Waals surface area contributed by atoms with Gasteiger partial charge in [-0.1, -0.05) is 18.2 Å². The molecule has 0 fully saturated rings. The molecular formula is C19H18N4O. The number of likely N-dealkylation sites (N-methyl/N-ethyl adjacent to an activating group) is 1. The number of nitrogens with one attached hydrogen (secondary N) is 2. The van der Waals surface area contributed by atoms with Crippen LogP contribution >= 0.6 is 0 Å². The molecule has 0 unspecified atom stereocenters. The number of rotatable bonds is 3. The molecule has 2 aromatic carbocycles. The van der Waals surface area contributed by atoms with E-state index in [1.807, 2.05) is 62.6 Å². The number of para-hydroxylation sites is 1. The summed E-state index contributed by atoms with van der Waals surface area (Å²) in [6.07, 6.45) is 2.28. The molecule has 0 aliphatic rings. The highest BCUT2D eigenvalue weighted by atomic mass is 16.2. The number of hydrogen-bond donors (Lipinski definition) is 2. The minimum atomic E-state index is 0.0512. The molecule has 0 saturated heterocycles. The molecule has 2 N–H and O–H groups in total. The second kappa shape index (κ2) is 5.53. The number of H-pyrrole nitrogens is 2. The average Bonchev–Trinajstić information content (AvgIpc) is 3.16. The molecule has 0 saturated carbocycles. The third-order valence-electron chi connectivity index (χ3n) is 4.36. The summed E-state index contributed by atoms with van der Waals surface area (Å²) in [6.45, 7) is 1.92. The number of carbonyl (C=O) groups excluding carboxylic acids is 1. The van der Waals surface area contributed by atoms with Crippen molar-refractivity contribution >= 4 is 33.5 Å². The standard InChI is InChI=1S/C19H18N4O/c1-12-21-17-8-7-14(10-18(17)22-12)23(2)19(24)9-13-11-20-16-6-4-3-5-15(13)16/h3-8,10-11,20H,9H2,1-2H3,(H,21,22). The summed E-state index contributed by atoms with van der Waals surface area (Å²) in [5.41, 5.74) is 4.78. The van der Waals surface area contributed by atoms with Gasteiger partial charge in [0, 0.05) is 29.8 Å². The zero-order valence-corrected chi connectivity index (χ0v) is 13.6. The van der Waals surface area contributed by atoms with Gasteiger partial charge < -0.3 is 14.9 Å². The summed E-state index contributed by atoms with van der Waals surface area (Å²) >= 11 is 0. The molecule has 24 heavy (non-hydrogen) atoms. The van der Waals surface area contributed by atoms with Gasteiger partial charge in [0.25, 0.3) is 0 Å². The Kier molecular flexibility index (Phi) is 3.34. The number of anilines is 1. The largest absolute Gasteiger partial charge is 0.361 e. The first-order valence-corrected chi connectivity index (χ1v) is 7.90. The van der Waals surface area contributed by atoms with Gasteiger partial charge in [-0.15, -0.1) is 0 Å². The maximum absolute atomic E-state index is 12.7. The first kappa shape index (κ1) is 14.5. The highest BCUT2D eigenvalue weighted by Crippen LogP contribution is 2.22. The Hall–Kier alpha value is -3.08. The lowest BCUT2D eigenvalue weighted by Crippen LogP contribution is -2.27. The van der Waals surface area contributed by atoms with Gasteiger partial charge in [-0.05, 0) is 36.8 Å². The van der Waals surface area contributed by atoms with Gasteiger partial charge in [-0.3, -0.25) is 4.79 Å². The molecule has 4 aromatic rings. The van der Waals surface area contributed by atoms with Crippen molar-refractivity contribution in [1.82, 2.24) is 15.0 Å². The Labute approximate surface area is 139 Å². The molecule has 0 bridgehead atoms. The molecule has 120 valence electrons. The van der Waals surface area contributed by atoms with Gasteiger partial charge in [0.2, 0.25) is 5.91 Å². The number of hydrogen-bond acceptors (Lipinski definition) is 2. The van der Waals surface area contributed by atoms with Gasteiger partial charge >= 0.3 is 0 Å². The Bertz CT molecular complexity index is 1040. The van der Waals surface area contributed by atoms with E-state index < -0.39 is 0 Å². The van der Waals surface area contributed by atoms with Crippen LogP contribution in [0.4, 0.5) is 5.69 Å². The smallest absolute Gasteiger partial charge is 0.231 e. The monoisotopic (exact) mass is 318 g/mol. The summed E-state index contributed by atoms with van der Waals surface area (Å²) in [4.78, 5) is 25.2. The normalized spacial score (nSPS) is 11.2. The second-order valence-electron chi connectivity index (χ2n) is 6.01. The zero-order valence-electron chi connectivity index (χ0n) is 13.6. The van der Waals surface area contributed by atoms with Crippen molar-refractivity contribution in [3.63, 3.8) is 0 Å². The van der Waals surface area contributed by atoms with Gasteiger partial charge in [0.1, 0.15) is 5.82 Å². The number of nitrogens with zero attached hydrogens (tertiary/aromatic N) is 2. The molecule has 0 aliphatic heterocycles. The van der Waals surface area contributed by atoms with Crippen LogP contribution in [0, 0.1) is 6.92 Å². The van der Waals surface area contributed by atoms with Crippen LogP contribution in [0.3, 0.4) is 0 Å². The minimum absolute atomic E-state index is 0.0512. The Morgan fingerprint density at radius 3 is 2.88 bits per heavy atom. The number of amides is 1. The van der Waals surface area contributed by atoms with Crippen molar-refractivity contribution in [2.24, 2.45) is 0 Å². The summed E-state index contributed by atoms with van der Waals surface area (Å²) in [5, 5.41) is 1.10. The number of aryl methyl sites for hydroxylation is 1. The first-order chi connectivity index (χ1) is 11.6. The number of carbonyl (C=O) groups is 1. The van der Waals surface area contributed by atoms with E-state index in [1.165, 1.54) is 0 Å². The van der Waals surface area contributed by atoms with Crippen molar-refractivity contribution in [2.45, 2.75) is 13.3 Å². The maximum atomic E-state index is 12.7. The van der Waals surface area contributed by atoms with E-state index in [2.05, 4.69) is 15.0 Å². The van der Waals surface area contributed by atoms with Crippen LogP contribution in [0.25, 0.3) is 21.9 Å². The minimum Gasteiger partial charge on any atom is -0.361 e. The van der Waals surface area contributed by atoms with Crippen LogP contribution in [0.1, 0.15) is 11.4 Å². The van der Waals surface area contributed by atoms with Crippen molar-refractivity contribution in [2.75, 3.05) is 11.9 Å². The molecule has 4 rings (SSSR count). The molecule has 5 heteroatoms.